The second-order valence-electron chi connectivity index (χ2n) is 3.25. The maximum absolute atomic E-state index is 11.0. The standard InChI is InChI=1S/C9H14N4O2/c1-8(14)7-9(15)10-3-2-5-13-6-4-11-12-13/h4,6H,2-3,5,7H2,1H3,(H,10,15). The van der Waals surface area contributed by atoms with E-state index in [2.05, 4.69) is 15.6 Å². The van der Waals surface area contributed by atoms with E-state index in [1.54, 1.807) is 17.1 Å². The summed E-state index contributed by atoms with van der Waals surface area (Å²) in [6.07, 6.45) is 4.10. The molecule has 0 bridgehead atoms. The summed E-state index contributed by atoms with van der Waals surface area (Å²) in [6.45, 7) is 2.65. The van der Waals surface area contributed by atoms with Crippen molar-refractivity contribution in [2.45, 2.75) is 26.3 Å². The number of Topliss-reactive ketones (excluding diaryl/α,β-unsaturated/α-hetero) is 1. The number of amides is 1. The number of aryl methyl sites for hydroxylation is 1. The van der Waals surface area contributed by atoms with Gasteiger partial charge in [-0.15, -0.1) is 5.10 Å². The van der Waals surface area contributed by atoms with Crippen molar-refractivity contribution in [2.24, 2.45) is 0 Å². The summed E-state index contributed by atoms with van der Waals surface area (Å²) >= 11 is 0. The average Bonchev–Trinajstić information content (AvgIpc) is 2.63. The maximum Gasteiger partial charge on any atom is 0.227 e. The van der Waals surface area contributed by atoms with Gasteiger partial charge in [0.1, 0.15) is 5.78 Å². The van der Waals surface area contributed by atoms with E-state index >= 15 is 0 Å². The minimum absolute atomic E-state index is 0.0384. The van der Waals surface area contributed by atoms with Crippen molar-refractivity contribution >= 4 is 11.7 Å². The summed E-state index contributed by atoms with van der Waals surface area (Å²) in [5.74, 6) is -0.343. The van der Waals surface area contributed by atoms with Gasteiger partial charge >= 0.3 is 0 Å². The van der Waals surface area contributed by atoms with Crippen LogP contribution in [0.1, 0.15) is 19.8 Å². The Labute approximate surface area is 87.7 Å². The van der Waals surface area contributed by atoms with Crippen LogP contribution in [-0.2, 0) is 16.1 Å². The number of hydrogen-bond donors (Lipinski definition) is 1. The second-order valence-corrected chi connectivity index (χ2v) is 3.25. The molecule has 0 saturated carbocycles. The van der Waals surface area contributed by atoms with Crippen molar-refractivity contribution in [1.82, 2.24) is 20.3 Å². The zero-order chi connectivity index (χ0) is 11.1. The molecule has 6 heteroatoms. The third-order valence-corrected chi connectivity index (χ3v) is 1.77. The topological polar surface area (TPSA) is 76.9 Å². The van der Waals surface area contributed by atoms with Crippen LogP contribution in [0, 0.1) is 0 Å². The summed E-state index contributed by atoms with van der Waals surface area (Å²) in [4.78, 5) is 21.6. The third-order valence-electron chi connectivity index (χ3n) is 1.77. The first kappa shape index (κ1) is 11.4. The maximum atomic E-state index is 11.0. The van der Waals surface area contributed by atoms with Gasteiger partial charge in [-0.1, -0.05) is 5.21 Å². The Morgan fingerprint density at radius 3 is 2.87 bits per heavy atom. The van der Waals surface area contributed by atoms with Crippen molar-refractivity contribution < 1.29 is 9.59 Å². The molecule has 1 N–H and O–H groups in total. The predicted octanol–water partition coefficient (Wildman–Crippen LogP) is -0.237. The van der Waals surface area contributed by atoms with Crippen LogP contribution in [0.2, 0.25) is 0 Å². The molecule has 0 fully saturated rings. The molecule has 1 rings (SSSR count). The van der Waals surface area contributed by atoms with Gasteiger partial charge in [-0.2, -0.15) is 0 Å². The molecule has 1 aromatic rings. The van der Waals surface area contributed by atoms with Gasteiger partial charge in [0, 0.05) is 19.3 Å². The SMILES string of the molecule is CC(=O)CC(=O)NCCCn1ccnn1. The lowest BCUT2D eigenvalue weighted by molar-refractivity contribution is -0.127. The molecular formula is C9H14N4O2. The van der Waals surface area contributed by atoms with Gasteiger partial charge in [-0.3, -0.25) is 14.3 Å². The highest BCUT2D eigenvalue weighted by Crippen LogP contribution is 1.87. The minimum atomic E-state index is -0.221. The Morgan fingerprint density at radius 2 is 2.27 bits per heavy atom. The fraction of sp³-hybridized carbons (Fsp3) is 0.556. The van der Waals surface area contributed by atoms with E-state index in [1.807, 2.05) is 0 Å². The number of nitrogens with zero attached hydrogens (tertiary/aromatic N) is 3. The van der Waals surface area contributed by atoms with Gasteiger partial charge in [0.2, 0.25) is 5.91 Å². The zero-order valence-electron chi connectivity index (χ0n) is 8.64. The Balaban J connectivity index is 2.06. The van der Waals surface area contributed by atoms with E-state index in [4.69, 9.17) is 0 Å². The highest BCUT2D eigenvalue weighted by molar-refractivity contribution is 5.96. The van der Waals surface area contributed by atoms with E-state index in [0.29, 0.717) is 13.1 Å². The normalized spacial score (nSPS) is 9.93. The van der Waals surface area contributed by atoms with Crippen LogP contribution in [0.15, 0.2) is 12.4 Å². The molecule has 0 spiro atoms. The highest BCUT2D eigenvalue weighted by atomic mass is 16.2. The molecule has 1 aromatic heterocycles. The molecule has 0 atom stereocenters. The molecule has 82 valence electrons. The molecule has 0 aliphatic rings. The van der Waals surface area contributed by atoms with Gasteiger partial charge < -0.3 is 5.32 Å². The number of carbonyl (C=O) groups is 2. The summed E-state index contributed by atoms with van der Waals surface area (Å²) in [5.41, 5.74) is 0. The van der Waals surface area contributed by atoms with Gasteiger partial charge in [-0.25, -0.2) is 0 Å². The molecule has 6 nitrogen and oxygen atoms in total. The summed E-state index contributed by atoms with van der Waals surface area (Å²) in [5, 5.41) is 10.1. The smallest absolute Gasteiger partial charge is 0.227 e. The molecule has 0 unspecified atom stereocenters. The van der Waals surface area contributed by atoms with Crippen molar-refractivity contribution in [3.05, 3.63) is 12.4 Å². The van der Waals surface area contributed by atoms with Crippen LogP contribution < -0.4 is 5.32 Å². The summed E-state index contributed by atoms with van der Waals surface area (Å²) < 4.78 is 1.69. The van der Waals surface area contributed by atoms with Crippen LogP contribution >= 0.6 is 0 Å². The fourth-order valence-corrected chi connectivity index (χ4v) is 1.11. The lowest BCUT2D eigenvalue weighted by Gasteiger charge is -2.03. The molecule has 0 aromatic carbocycles. The van der Waals surface area contributed by atoms with E-state index in [-0.39, 0.29) is 18.1 Å². The predicted molar refractivity (Wildman–Crippen MR) is 52.9 cm³/mol. The molecule has 0 radical (unpaired) electrons. The van der Waals surface area contributed by atoms with Crippen LogP contribution in [0.25, 0.3) is 0 Å². The number of ketones is 1. The monoisotopic (exact) mass is 210 g/mol. The highest BCUT2D eigenvalue weighted by Gasteiger charge is 2.03. The number of carbonyl (C=O) groups excluding carboxylic acids is 2. The van der Waals surface area contributed by atoms with Crippen molar-refractivity contribution in [2.75, 3.05) is 6.54 Å². The first-order chi connectivity index (χ1) is 7.18. The molecular weight excluding hydrogens is 196 g/mol. The van der Waals surface area contributed by atoms with Gasteiger partial charge in [0.15, 0.2) is 0 Å². The van der Waals surface area contributed by atoms with Crippen LogP contribution in [-0.4, -0.2) is 33.2 Å². The molecule has 1 heterocycles. The average molecular weight is 210 g/mol. The third kappa shape index (κ3) is 4.90. The van der Waals surface area contributed by atoms with Crippen molar-refractivity contribution in [3.63, 3.8) is 0 Å². The number of aromatic nitrogens is 3. The van der Waals surface area contributed by atoms with E-state index in [0.717, 1.165) is 6.42 Å². The van der Waals surface area contributed by atoms with E-state index in [9.17, 15) is 9.59 Å². The first-order valence-electron chi connectivity index (χ1n) is 4.78. The van der Waals surface area contributed by atoms with Crippen molar-refractivity contribution in [1.29, 1.82) is 0 Å². The quantitative estimate of drug-likeness (QED) is 0.519. The molecule has 15 heavy (non-hydrogen) atoms. The summed E-state index contributed by atoms with van der Waals surface area (Å²) in [6, 6.07) is 0. The first-order valence-corrected chi connectivity index (χ1v) is 4.78. The second kappa shape index (κ2) is 5.90. The molecule has 1 amide bonds. The largest absolute Gasteiger partial charge is 0.356 e. The Bertz CT molecular complexity index is 321. The zero-order valence-corrected chi connectivity index (χ0v) is 8.64. The van der Waals surface area contributed by atoms with Gasteiger partial charge in [-0.05, 0) is 13.3 Å². The van der Waals surface area contributed by atoms with Crippen LogP contribution in [0.3, 0.4) is 0 Å². The number of rotatable bonds is 6. The van der Waals surface area contributed by atoms with Crippen LogP contribution in [0.4, 0.5) is 0 Å². The van der Waals surface area contributed by atoms with Crippen LogP contribution in [0.5, 0.6) is 0 Å². The molecule has 0 saturated heterocycles. The minimum Gasteiger partial charge on any atom is -0.356 e. The van der Waals surface area contributed by atoms with E-state index in [1.165, 1.54) is 6.92 Å². The van der Waals surface area contributed by atoms with Gasteiger partial charge in [0.25, 0.3) is 0 Å². The number of nitrogens with one attached hydrogen (secondary N) is 1. The molecule has 0 aliphatic heterocycles. The Morgan fingerprint density at radius 1 is 1.47 bits per heavy atom. The molecule has 0 aliphatic carbocycles. The fourth-order valence-electron chi connectivity index (χ4n) is 1.11. The summed E-state index contributed by atoms with van der Waals surface area (Å²) in [7, 11) is 0. The Kier molecular flexibility index (Phi) is 4.46. The number of hydrogen-bond acceptors (Lipinski definition) is 4. The lowest BCUT2D eigenvalue weighted by atomic mass is 10.3. The lowest BCUT2D eigenvalue weighted by Crippen LogP contribution is -2.26. The van der Waals surface area contributed by atoms with Gasteiger partial charge in [0.05, 0.1) is 12.6 Å². The Hall–Kier alpha value is -1.72. The van der Waals surface area contributed by atoms with Crippen molar-refractivity contribution in [3.8, 4) is 0 Å². The van der Waals surface area contributed by atoms with E-state index < -0.39 is 0 Å².